The molecule has 0 spiro atoms. The third-order valence-electron chi connectivity index (χ3n) is 2.81. The fourth-order valence-electron chi connectivity index (χ4n) is 1.89. The van der Waals surface area contributed by atoms with Crippen LogP contribution < -0.4 is 0 Å². The van der Waals surface area contributed by atoms with Crippen LogP contribution in [0, 0.1) is 0 Å². The number of benzene rings is 1. The molecule has 0 saturated carbocycles. The maximum Gasteiger partial charge on any atom is 0.202 e. The molecule has 0 atom stereocenters. The molecule has 0 bridgehead atoms. The van der Waals surface area contributed by atoms with Crippen molar-refractivity contribution in [3.63, 3.8) is 0 Å². The maximum absolute atomic E-state index is 12.1. The van der Waals surface area contributed by atoms with Crippen LogP contribution in [-0.4, -0.2) is 10.8 Å². The Bertz CT molecular complexity index is 653. The standard InChI is InChI=1S/C15H11NO2/c17-13(9-11-5-7-16-8-6-11)15-10-12-3-1-2-4-14(12)18-15/h1-8,10H,9H2. The fourth-order valence-corrected chi connectivity index (χ4v) is 1.89. The highest BCUT2D eigenvalue weighted by Crippen LogP contribution is 2.20. The van der Waals surface area contributed by atoms with Gasteiger partial charge in [-0.3, -0.25) is 9.78 Å². The Balaban J connectivity index is 1.88. The number of aromatic nitrogens is 1. The van der Waals surface area contributed by atoms with E-state index in [0.29, 0.717) is 12.2 Å². The Morgan fingerprint density at radius 1 is 1.11 bits per heavy atom. The number of pyridine rings is 1. The molecular formula is C15H11NO2. The first-order valence-corrected chi connectivity index (χ1v) is 5.73. The van der Waals surface area contributed by atoms with Gasteiger partial charge in [0.1, 0.15) is 5.58 Å². The molecular weight excluding hydrogens is 226 g/mol. The summed E-state index contributed by atoms with van der Waals surface area (Å²) in [5.74, 6) is 0.394. The molecule has 2 aromatic heterocycles. The van der Waals surface area contributed by atoms with Crippen molar-refractivity contribution in [3.8, 4) is 0 Å². The molecule has 0 aliphatic heterocycles. The van der Waals surface area contributed by atoms with Crippen LogP contribution in [-0.2, 0) is 6.42 Å². The third kappa shape index (κ3) is 2.02. The Morgan fingerprint density at radius 3 is 2.67 bits per heavy atom. The molecule has 18 heavy (non-hydrogen) atoms. The number of hydrogen-bond acceptors (Lipinski definition) is 3. The number of fused-ring (bicyclic) bond motifs is 1. The van der Waals surface area contributed by atoms with Gasteiger partial charge < -0.3 is 4.42 Å². The molecule has 1 aromatic carbocycles. The number of rotatable bonds is 3. The number of nitrogens with zero attached hydrogens (tertiary/aromatic N) is 1. The van der Waals surface area contributed by atoms with E-state index < -0.39 is 0 Å². The molecule has 0 aliphatic carbocycles. The molecule has 0 aliphatic rings. The van der Waals surface area contributed by atoms with Gasteiger partial charge >= 0.3 is 0 Å². The van der Waals surface area contributed by atoms with Crippen LogP contribution in [0.15, 0.2) is 59.3 Å². The van der Waals surface area contributed by atoms with Gasteiger partial charge in [-0.25, -0.2) is 0 Å². The number of carbonyl (C=O) groups excluding carboxylic acids is 1. The van der Waals surface area contributed by atoms with Crippen molar-refractivity contribution in [3.05, 3.63) is 66.2 Å². The highest BCUT2D eigenvalue weighted by Gasteiger charge is 2.12. The number of para-hydroxylation sites is 1. The Kier molecular flexibility index (Phi) is 2.65. The van der Waals surface area contributed by atoms with Crippen LogP contribution in [0.2, 0.25) is 0 Å². The van der Waals surface area contributed by atoms with Crippen molar-refractivity contribution in [1.29, 1.82) is 0 Å². The molecule has 0 fully saturated rings. The van der Waals surface area contributed by atoms with Crippen molar-refractivity contribution in [2.45, 2.75) is 6.42 Å². The van der Waals surface area contributed by atoms with Gasteiger partial charge in [-0.2, -0.15) is 0 Å². The summed E-state index contributed by atoms with van der Waals surface area (Å²) in [6.45, 7) is 0. The van der Waals surface area contributed by atoms with Crippen molar-refractivity contribution in [2.75, 3.05) is 0 Å². The van der Waals surface area contributed by atoms with Gasteiger partial charge in [-0.15, -0.1) is 0 Å². The monoisotopic (exact) mass is 237 g/mol. The van der Waals surface area contributed by atoms with Crippen LogP contribution in [0.4, 0.5) is 0 Å². The Morgan fingerprint density at radius 2 is 1.89 bits per heavy atom. The lowest BCUT2D eigenvalue weighted by atomic mass is 10.1. The molecule has 0 radical (unpaired) electrons. The Hall–Kier alpha value is -2.42. The van der Waals surface area contributed by atoms with Crippen LogP contribution in [0.3, 0.4) is 0 Å². The van der Waals surface area contributed by atoms with E-state index >= 15 is 0 Å². The number of Topliss-reactive ketones (excluding diaryl/α,β-unsaturated/α-hetero) is 1. The van der Waals surface area contributed by atoms with Crippen molar-refractivity contribution in [1.82, 2.24) is 4.98 Å². The van der Waals surface area contributed by atoms with E-state index in [9.17, 15) is 4.79 Å². The molecule has 3 rings (SSSR count). The second-order valence-corrected chi connectivity index (χ2v) is 4.10. The molecule has 88 valence electrons. The van der Waals surface area contributed by atoms with Crippen LogP contribution in [0.5, 0.6) is 0 Å². The van der Waals surface area contributed by atoms with E-state index in [1.807, 2.05) is 36.4 Å². The van der Waals surface area contributed by atoms with Crippen molar-refractivity contribution < 1.29 is 9.21 Å². The normalized spacial score (nSPS) is 10.7. The summed E-state index contributed by atoms with van der Waals surface area (Å²) in [5, 5.41) is 0.954. The first kappa shape index (κ1) is 10.7. The van der Waals surface area contributed by atoms with E-state index in [2.05, 4.69) is 4.98 Å². The summed E-state index contributed by atoms with van der Waals surface area (Å²) in [6, 6.07) is 13.1. The average Bonchev–Trinajstić information content (AvgIpc) is 2.84. The third-order valence-corrected chi connectivity index (χ3v) is 2.81. The number of ketones is 1. The van der Waals surface area contributed by atoms with Crippen LogP contribution >= 0.6 is 0 Å². The van der Waals surface area contributed by atoms with E-state index in [1.165, 1.54) is 0 Å². The first-order chi connectivity index (χ1) is 8.83. The molecule has 3 aromatic rings. The molecule has 0 N–H and O–H groups in total. The SMILES string of the molecule is O=C(Cc1ccncc1)c1cc2ccccc2o1. The predicted molar refractivity (Wildman–Crippen MR) is 68.5 cm³/mol. The zero-order chi connectivity index (χ0) is 12.4. The topological polar surface area (TPSA) is 43.1 Å². The maximum atomic E-state index is 12.1. The minimum absolute atomic E-state index is 0.0163. The summed E-state index contributed by atoms with van der Waals surface area (Å²) in [7, 11) is 0. The van der Waals surface area contributed by atoms with Gasteiger partial charge in [-0.05, 0) is 29.8 Å². The predicted octanol–water partition coefficient (Wildman–Crippen LogP) is 3.25. The number of carbonyl (C=O) groups is 1. The largest absolute Gasteiger partial charge is 0.453 e. The molecule has 2 heterocycles. The van der Waals surface area contributed by atoms with E-state index in [-0.39, 0.29) is 5.78 Å². The zero-order valence-electron chi connectivity index (χ0n) is 9.67. The van der Waals surface area contributed by atoms with Gasteiger partial charge in [-0.1, -0.05) is 18.2 Å². The second kappa shape index (κ2) is 4.45. The molecule has 0 unspecified atom stereocenters. The molecule has 0 saturated heterocycles. The van der Waals surface area contributed by atoms with Gasteiger partial charge in [0, 0.05) is 24.2 Å². The zero-order valence-corrected chi connectivity index (χ0v) is 9.67. The number of hydrogen-bond donors (Lipinski definition) is 0. The van der Waals surface area contributed by atoms with Crippen LogP contribution in [0.1, 0.15) is 16.1 Å². The number of furan rings is 1. The average molecular weight is 237 g/mol. The van der Waals surface area contributed by atoms with E-state index in [0.717, 1.165) is 16.5 Å². The van der Waals surface area contributed by atoms with Gasteiger partial charge in [0.25, 0.3) is 0 Å². The summed E-state index contributed by atoms with van der Waals surface area (Å²) in [6.07, 6.45) is 3.70. The molecule has 0 amide bonds. The minimum Gasteiger partial charge on any atom is -0.453 e. The quantitative estimate of drug-likeness (QED) is 0.657. The minimum atomic E-state index is -0.0163. The molecule has 3 nitrogen and oxygen atoms in total. The van der Waals surface area contributed by atoms with E-state index in [1.54, 1.807) is 18.5 Å². The summed E-state index contributed by atoms with van der Waals surface area (Å²) in [4.78, 5) is 16.0. The highest BCUT2D eigenvalue weighted by molar-refractivity contribution is 5.98. The van der Waals surface area contributed by atoms with Gasteiger partial charge in [0.2, 0.25) is 5.78 Å². The first-order valence-electron chi connectivity index (χ1n) is 5.73. The fraction of sp³-hybridized carbons (Fsp3) is 0.0667. The van der Waals surface area contributed by atoms with Gasteiger partial charge in [0.15, 0.2) is 5.76 Å². The lowest BCUT2D eigenvalue weighted by Gasteiger charge is -1.97. The summed E-state index contributed by atoms with van der Waals surface area (Å²) in [5.41, 5.74) is 1.69. The van der Waals surface area contributed by atoms with Crippen molar-refractivity contribution >= 4 is 16.8 Å². The lowest BCUT2D eigenvalue weighted by Crippen LogP contribution is -2.01. The lowest BCUT2D eigenvalue weighted by molar-refractivity contribution is 0.0968. The van der Waals surface area contributed by atoms with E-state index in [4.69, 9.17) is 4.42 Å². The Labute approximate surface area is 104 Å². The summed E-state index contributed by atoms with van der Waals surface area (Å²) >= 11 is 0. The highest BCUT2D eigenvalue weighted by atomic mass is 16.3. The molecule has 3 heteroatoms. The second-order valence-electron chi connectivity index (χ2n) is 4.10. The van der Waals surface area contributed by atoms with Gasteiger partial charge in [0.05, 0.1) is 0 Å². The smallest absolute Gasteiger partial charge is 0.202 e. The van der Waals surface area contributed by atoms with Crippen LogP contribution in [0.25, 0.3) is 11.0 Å². The van der Waals surface area contributed by atoms with Crippen molar-refractivity contribution in [2.24, 2.45) is 0 Å². The summed E-state index contributed by atoms with van der Waals surface area (Å²) < 4.78 is 5.54.